The van der Waals surface area contributed by atoms with Crippen molar-refractivity contribution in [1.82, 2.24) is 16.0 Å². The summed E-state index contributed by atoms with van der Waals surface area (Å²) in [6.45, 7) is 6.92. The monoisotopic (exact) mass is 830 g/mol. The molecule has 0 fully saturated rings. The highest BCUT2D eigenvalue weighted by Gasteiger charge is 2.54. The standard InChI is InChI=1S/C48H54N4O9/c1-5-23(2)47(58)60-37-19-34-42(57)40-36(56)18-31(21-53)59-44(40)41-39-32-12-13-50-45(49)38(32)27(9-8-26-10-11-30(55)17-33(26)35(39)22-54)16-29(48(37,4)61-43(34)41)15-25-14-28-7-6-24(3)52-46(28)51-20-25/h5-7,10-12,14,17-18,20,24,27,29,35,37,39,46,50-55,57H,8-9,13,15-16,19,21-22,49H2,1-4H3/b23-5-/t24-,27+,29-,35-,37-,39-,46?,48+/m1/s1. The SMILES string of the molecule is C/C=C(/C)C(=O)O[C@@H]1Cc2c3c(c4oc(CO)cc(=O)c4c2O)[C@@H]2C4=CCNC(N)=C4[C@@H](CCc4ccc(O)cc4[C@H]2CO)C[C@@H](CC2=CNC4N[C@H](C)C=CC4=C2)[C@]1(C)O3. The Balaban J connectivity index is 1.38. The van der Waals surface area contributed by atoms with E-state index in [1.54, 1.807) is 32.1 Å². The number of allylic oxidation sites excluding steroid dienone is 5. The van der Waals surface area contributed by atoms with Crippen molar-refractivity contribution in [3.63, 3.8) is 0 Å². The fourth-order valence-corrected chi connectivity index (χ4v) is 10.6. The van der Waals surface area contributed by atoms with Gasteiger partial charge in [-0.2, -0.15) is 0 Å². The second-order valence-electron chi connectivity index (χ2n) is 17.5. The minimum absolute atomic E-state index is 0.00394. The van der Waals surface area contributed by atoms with Crippen LogP contribution in [0.3, 0.4) is 0 Å². The zero-order chi connectivity index (χ0) is 42.9. The molecule has 8 atom stereocenters. The number of carbonyl (C=O) groups excluding carboxylic acids is 1. The largest absolute Gasteiger partial charge is 0.508 e. The first-order valence-electron chi connectivity index (χ1n) is 21.3. The molecule has 13 nitrogen and oxygen atoms in total. The Bertz CT molecular complexity index is 2580. The van der Waals surface area contributed by atoms with Crippen LogP contribution in [-0.2, 0) is 29.0 Å². The van der Waals surface area contributed by atoms with Crippen molar-refractivity contribution in [2.24, 2.45) is 17.6 Å². The van der Waals surface area contributed by atoms with Crippen LogP contribution in [0, 0.1) is 11.8 Å². The molecule has 9 rings (SSSR count). The van der Waals surface area contributed by atoms with Crippen molar-refractivity contribution in [1.29, 1.82) is 0 Å². The highest BCUT2D eigenvalue weighted by molar-refractivity contribution is 5.92. The number of esters is 1. The number of ether oxygens (including phenoxy) is 2. The van der Waals surface area contributed by atoms with Crippen LogP contribution in [0.5, 0.6) is 17.2 Å². The van der Waals surface area contributed by atoms with Crippen LogP contribution in [0.1, 0.15) is 86.8 Å². The van der Waals surface area contributed by atoms with E-state index in [0.29, 0.717) is 54.7 Å². The molecule has 0 amide bonds. The lowest BCUT2D eigenvalue weighted by Gasteiger charge is -2.50. The third-order valence-electron chi connectivity index (χ3n) is 13.9. The molecule has 6 aliphatic rings. The summed E-state index contributed by atoms with van der Waals surface area (Å²) >= 11 is 0. The number of nitrogens with two attached hydrogens (primary N) is 1. The predicted molar refractivity (Wildman–Crippen MR) is 229 cm³/mol. The van der Waals surface area contributed by atoms with Crippen molar-refractivity contribution < 1.29 is 39.1 Å². The van der Waals surface area contributed by atoms with E-state index < -0.39 is 41.5 Å². The van der Waals surface area contributed by atoms with Gasteiger partial charge in [0.2, 0.25) is 0 Å². The van der Waals surface area contributed by atoms with E-state index in [0.717, 1.165) is 33.9 Å². The Kier molecular flexibility index (Phi) is 10.4. The molecule has 5 aliphatic heterocycles. The Labute approximate surface area is 354 Å². The molecule has 0 spiro atoms. The fourth-order valence-electron chi connectivity index (χ4n) is 10.6. The van der Waals surface area contributed by atoms with Crippen LogP contribution < -0.4 is 31.8 Å². The molecule has 1 aromatic heterocycles. The average Bonchev–Trinajstić information content (AvgIpc) is 3.29. The molecular weight excluding hydrogens is 777 g/mol. The number of carbonyl (C=O) groups is 1. The van der Waals surface area contributed by atoms with Gasteiger partial charge in [0, 0.05) is 65.7 Å². The Morgan fingerprint density at radius 1 is 1.18 bits per heavy atom. The summed E-state index contributed by atoms with van der Waals surface area (Å²) in [7, 11) is 0. The number of rotatable bonds is 6. The van der Waals surface area contributed by atoms with Gasteiger partial charge >= 0.3 is 5.97 Å². The quantitative estimate of drug-likeness (QED) is 0.121. The fraction of sp³-hybridized carbons (Fsp3) is 0.417. The summed E-state index contributed by atoms with van der Waals surface area (Å²) in [6, 6.07) is 6.60. The number of phenolic OH excluding ortho intramolecular Hbond substituents is 2. The van der Waals surface area contributed by atoms with Crippen LogP contribution in [-0.4, -0.2) is 63.5 Å². The number of aryl methyl sites for hydroxylation is 1. The molecule has 0 radical (unpaired) electrons. The van der Waals surface area contributed by atoms with Gasteiger partial charge in [0.15, 0.2) is 5.43 Å². The highest BCUT2D eigenvalue weighted by atomic mass is 16.6. The van der Waals surface area contributed by atoms with Crippen molar-refractivity contribution >= 4 is 16.9 Å². The highest BCUT2D eigenvalue weighted by Crippen LogP contribution is 2.59. The molecule has 61 heavy (non-hydrogen) atoms. The van der Waals surface area contributed by atoms with Gasteiger partial charge < -0.3 is 50.7 Å². The minimum atomic E-state index is -1.26. The maximum atomic E-state index is 14.1. The summed E-state index contributed by atoms with van der Waals surface area (Å²) in [4.78, 5) is 28.0. The van der Waals surface area contributed by atoms with Gasteiger partial charge in [0.05, 0.1) is 6.61 Å². The van der Waals surface area contributed by atoms with E-state index >= 15 is 0 Å². The molecule has 3 aromatic rings. The number of aliphatic hydroxyl groups excluding tert-OH is 2. The zero-order valence-corrected chi connectivity index (χ0v) is 34.9. The summed E-state index contributed by atoms with van der Waals surface area (Å²) in [5, 5.41) is 55.7. The van der Waals surface area contributed by atoms with Crippen molar-refractivity contribution in [3.8, 4) is 17.2 Å². The van der Waals surface area contributed by atoms with Gasteiger partial charge in [-0.1, -0.05) is 36.4 Å². The first-order chi connectivity index (χ1) is 29.3. The van der Waals surface area contributed by atoms with Gasteiger partial charge in [0.1, 0.15) is 64.3 Å². The molecule has 13 heteroatoms. The third-order valence-corrected chi connectivity index (χ3v) is 13.9. The molecule has 0 saturated heterocycles. The maximum Gasteiger partial charge on any atom is 0.333 e. The van der Waals surface area contributed by atoms with Gasteiger partial charge in [-0.15, -0.1) is 0 Å². The van der Waals surface area contributed by atoms with Gasteiger partial charge in [-0.3, -0.25) is 10.1 Å². The number of hydrogen-bond donors (Lipinski definition) is 8. The van der Waals surface area contributed by atoms with E-state index in [4.69, 9.17) is 19.6 Å². The van der Waals surface area contributed by atoms with Crippen LogP contribution in [0.2, 0.25) is 0 Å². The van der Waals surface area contributed by atoms with Gasteiger partial charge in [-0.05, 0) is 105 Å². The lowest BCUT2D eigenvalue weighted by atomic mass is 9.65. The average molecular weight is 831 g/mol. The van der Waals surface area contributed by atoms with E-state index in [9.17, 15) is 30.0 Å². The van der Waals surface area contributed by atoms with Gasteiger partial charge in [-0.25, -0.2) is 4.79 Å². The van der Waals surface area contributed by atoms with Crippen LogP contribution in [0.15, 0.2) is 104 Å². The molecule has 0 saturated carbocycles. The Morgan fingerprint density at radius 3 is 2.77 bits per heavy atom. The first kappa shape index (κ1) is 40.6. The number of phenols is 2. The van der Waals surface area contributed by atoms with E-state index in [1.165, 1.54) is 0 Å². The van der Waals surface area contributed by atoms with Crippen LogP contribution in [0.4, 0.5) is 0 Å². The molecule has 320 valence electrons. The summed E-state index contributed by atoms with van der Waals surface area (Å²) in [5.41, 5.74) is 11.7. The molecule has 1 aliphatic carbocycles. The second kappa shape index (κ2) is 15.6. The van der Waals surface area contributed by atoms with E-state index in [-0.39, 0.29) is 76.6 Å². The minimum Gasteiger partial charge on any atom is -0.508 e. The number of aliphatic hydroxyl groups is 2. The van der Waals surface area contributed by atoms with Crippen molar-refractivity contribution in [3.05, 3.63) is 133 Å². The molecular formula is C48H54N4O9. The smallest absolute Gasteiger partial charge is 0.333 e. The molecule has 1 unspecified atom stereocenters. The number of dihydropyridines is 2. The first-order valence-corrected chi connectivity index (χ1v) is 21.3. The molecule has 4 bridgehead atoms. The number of benzene rings is 2. The Hall–Kier alpha value is -5.76. The predicted octanol–water partition coefficient (Wildman–Crippen LogP) is 5.09. The topological polar surface area (TPSA) is 209 Å². The molecule has 9 N–H and O–H groups in total. The maximum absolute atomic E-state index is 14.1. The summed E-state index contributed by atoms with van der Waals surface area (Å²) in [6.07, 6.45) is 13.5. The Morgan fingerprint density at radius 2 is 2.00 bits per heavy atom. The summed E-state index contributed by atoms with van der Waals surface area (Å²) in [5.74, 6) is -2.26. The summed E-state index contributed by atoms with van der Waals surface area (Å²) < 4.78 is 20.4. The van der Waals surface area contributed by atoms with E-state index in [1.807, 2.05) is 19.2 Å². The van der Waals surface area contributed by atoms with E-state index in [2.05, 4.69) is 47.2 Å². The van der Waals surface area contributed by atoms with Gasteiger partial charge in [0.25, 0.3) is 0 Å². The zero-order valence-electron chi connectivity index (χ0n) is 34.9. The lowest BCUT2D eigenvalue weighted by Crippen LogP contribution is -2.57. The third kappa shape index (κ3) is 6.83. The number of hydrogen-bond acceptors (Lipinski definition) is 13. The van der Waals surface area contributed by atoms with Crippen molar-refractivity contribution in [2.45, 2.75) is 102 Å². The lowest BCUT2D eigenvalue weighted by molar-refractivity contribution is -0.165. The number of aromatic hydroxyl groups is 2. The molecule has 6 heterocycles. The molecule has 2 aromatic carbocycles. The number of nitrogens with one attached hydrogen (secondary N) is 3. The number of fused-ring (bicyclic) bond motifs is 6. The van der Waals surface area contributed by atoms with Crippen molar-refractivity contribution in [2.75, 3.05) is 13.2 Å². The van der Waals surface area contributed by atoms with Crippen LogP contribution >= 0.6 is 0 Å². The van der Waals surface area contributed by atoms with Crippen LogP contribution in [0.25, 0.3) is 11.0 Å². The normalized spacial score (nSPS) is 29.2. The second-order valence-corrected chi connectivity index (χ2v) is 17.5.